The molecule has 2 N–H and O–H groups in total. The zero-order valence-corrected chi connectivity index (χ0v) is 16.5. The van der Waals surface area contributed by atoms with Gasteiger partial charge in [-0.05, 0) is 36.6 Å². The lowest BCUT2D eigenvalue weighted by Crippen LogP contribution is -2.02. The SMILES string of the molecule is CCCCCCCCCc1ccccc1Oc1cc(O)ccc1S(=O)(=O)O. The molecule has 0 bridgehead atoms. The van der Waals surface area contributed by atoms with Gasteiger partial charge in [0.15, 0.2) is 5.75 Å². The monoisotopic (exact) mass is 392 g/mol. The quantitative estimate of drug-likeness (QED) is 0.377. The van der Waals surface area contributed by atoms with E-state index in [-0.39, 0.29) is 16.4 Å². The molecule has 0 aliphatic heterocycles. The zero-order valence-electron chi connectivity index (χ0n) is 15.7. The Labute approximate surface area is 161 Å². The van der Waals surface area contributed by atoms with Crippen molar-refractivity contribution in [1.82, 2.24) is 0 Å². The second-order valence-corrected chi connectivity index (χ2v) is 8.08. The molecule has 0 unspecified atom stereocenters. The molecule has 5 nitrogen and oxygen atoms in total. The summed E-state index contributed by atoms with van der Waals surface area (Å²) >= 11 is 0. The predicted molar refractivity (Wildman–Crippen MR) is 106 cm³/mol. The van der Waals surface area contributed by atoms with Crippen LogP contribution in [0.5, 0.6) is 17.2 Å². The smallest absolute Gasteiger partial charge is 0.298 e. The normalized spacial score (nSPS) is 11.5. The van der Waals surface area contributed by atoms with Gasteiger partial charge in [0.25, 0.3) is 10.1 Å². The summed E-state index contributed by atoms with van der Waals surface area (Å²) in [6.07, 6.45) is 9.27. The van der Waals surface area contributed by atoms with Crippen LogP contribution in [0.2, 0.25) is 0 Å². The average Bonchev–Trinajstić information content (AvgIpc) is 2.61. The lowest BCUT2D eigenvalue weighted by molar-refractivity contribution is 0.433. The van der Waals surface area contributed by atoms with Crippen molar-refractivity contribution in [2.24, 2.45) is 0 Å². The van der Waals surface area contributed by atoms with Crippen molar-refractivity contribution in [3.63, 3.8) is 0 Å². The second kappa shape index (κ2) is 10.3. The molecule has 0 atom stereocenters. The fraction of sp³-hybridized carbons (Fsp3) is 0.429. The highest BCUT2D eigenvalue weighted by molar-refractivity contribution is 7.86. The molecule has 0 fully saturated rings. The van der Waals surface area contributed by atoms with Gasteiger partial charge in [0.05, 0.1) is 0 Å². The number of phenolic OH excluding ortho intramolecular Hbond substituents is 1. The van der Waals surface area contributed by atoms with Crippen LogP contribution in [0.3, 0.4) is 0 Å². The molecule has 2 aromatic rings. The van der Waals surface area contributed by atoms with Gasteiger partial charge in [0, 0.05) is 6.07 Å². The largest absolute Gasteiger partial charge is 0.508 e. The van der Waals surface area contributed by atoms with Gasteiger partial charge in [-0.15, -0.1) is 0 Å². The Morgan fingerprint density at radius 2 is 1.56 bits per heavy atom. The molecule has 0 aromatic heterocycles. The summed E-state index contributed by atoms with van der Waals surface area (Å²) in [7, 11) is -4.45. The Kier molecular flexibility index (Phi) is 8.13. The number of rotatable bonds is 11. The standard InChI is InChI=1S/C21H28O5S/c1-2-3-4-5-6-7-8-11-17-12-9-10-13-19(17)26-20-16-18(22)14-15-21(20)27(23,24)25/h9-10,12-16,22H,2-8,11H2,1H3,(H,23,24,25). The van der Waals surface area contributed by atoms with Crippen LogP contribution in [0.15, 0.2) is 47.4 Å². The van der Waals surface area contributed by atoms with Crippen LogP contribution in [-0.4, -0.2) is 18.1 Å². The molecule has 0 radical (unpaired) electrons. The number of aromatic hydroxyl groups is 1. The highest BCUT2D eigenvalue weighted by Crippen LogP contribution is 2.34. The lowest BCUT2D eigenvalue weighted by atomic mass is 10.0. The first kappa shape index (κ1) is 21.3. The van der Waals surface area contributed by atoms with Crippen molar-refractivity contribution in [2.75, 3.05) is 0 Å². The first-order valence-electron chi connectivity index (χ1n) is 9.48. The van der Waals surface area contributed by atoms with E-state index in [1.54, 1.807) is 12.1 Å². The first-order valence-corrected chi connectivity index (χ1v) is 10.9. The van der Waals surface area contributed by atoms with Gasteiger partial charge in [-0.25, -0.2) is 0 Å². The number of unbranched alkanes of at least 4 members (excludes halogenated alkanes) is 6. The summed E-state index contributed by atoms with van der Waals surface area (Å²) in [4.78, 5) is -0.369. The predicted octanol–water partition coefficient (Wildman–Crippen LogP) is 5.72. The highest BCUT2D eigenvalue weighted by Gasteiger charge is 2.18. The van der Waals surface area contributed by atoms with Crippen molar-refractivity contribution in [3.8, 4) is 17.2 Å². The van der Waals surface area contributed by atoms with Gasteiger partial charge in [0.1, 0.15) is 16.4 Å². The van der Waals surface area contributed by atoms with Crippen molar-refractivity contribution < 1.29 is 22.8 Å². The Hall–Kier alpha value is -2.05. The first-order chi connectivity index (χ1) is 12.9. The van der Waals surface area contributed by atoms with E-state index in [4.69, 9.17) is 4.74 Å². The molecule has 2 aromatic carbocycles. The van der Waals surface area contributed by atoms with Crippen LogP contribution in [0.4, 0.5) is 0 Å². The van der Waals surface area contributed by atoms with Gasteiger partial charge < -0.3 is 9.84 Å². The number of aryl methyl sites for hydroxylation is 1. The minimum atomic E-state index is -4.45. The van der Waals surface area contributed by atoms with Gasteiger partial charge in [-0.3, -0.25) is 4.55 Å². The maximum Gasteiger partial charge on any atom is 0.298 e. The van der Waals surface area contributed by atoms with Crippen molar-refractivity contribution in [3.05, 3.63) is 48.0 Å². The molecule has 6 heteroatoms. The summed E-state index contributed by atoms with van der Waals surface area (Å²) in [6.45, 7) is 2.21. The Balaban J connectivity index is 2.05. The fourth-order valence-corrected chi connectivity index (χ4v) is 3.59. The van der Waals surface area contributed by atoms with E-state index in [0.29, 0.717) is 5.75 Å². The van der Waals surface area contributed by atoms with Gasteiger partial charge >= 0.3 is 0 Å². The molecule has 0 saturated heterocycles. The third kappa shape index (κ3) is 6.88. The van der Waals surface area contributed by atoms with Crippen LogP contribution < -0.4 is 4.74 Å². The van der Waals surface area contributed by atoms with Gasteiger partial charge in [0.2, 0.25) is 0 Å². The molecule has 0 spiro atoms. The second-order valence-electron chi connectivity index (χ2n) is 6.69. The van der Waals surface area contributed by atoms with Crippen LogP contribution in [0.1, 0.15) is 57.4 Å². The summed E-state index contributed by atoms with van der Waals surface area (Å²) in [5.41, 5.74) is 0.968. The summed E-state index contributed by atoms with van der Waals surface area (Å²) in [6, 6.07) is 10.9. The summed E-state index contributed by atoms with van der Waals surface area (Å²) in [5, 5.41) is 9.66. The summed E-state index contributed by atoms with van der Waals surface area (Å²) in [5.74, 6) is 0.297. The van der Waals surface area contributed by atoms with E-state index in [0.717, 1.165) is 30.9 Å². The average molecular weight is 393 g/mol. The van der Waals surface area contributed by atoms with Crippen molar-refractivity contribution in [1.29, 1.82) is 0 Å². The number of ether oxygens (including phenoxy) is 1. The van der Waals surface area contributed by atoms with E-state index in [1.807, 2.05) is 12.1 Å². The number of benzene rings is 2. The minimum absolute atomic E-state index is 0.0930. The molecule has 0 heterocycles. The molecule has 0 aliphatic carbocycles. The summed E-state index contributed by atoms with van der Waals surface area (Å²) < 4.78 is 38.2. The number of phenols is 1. The highest BCUT2D eigenvalue weighted by atomic mass is 32.2. The van der Waals surface area contributed by atoms with E-state index in [2.05, 4.69) is 6.92 Å². The Morgan fingerprint density at radius 3 is 2.26 bits per heavy atom. The zero-order chi connectivity index (χ0) is 19.7. The molecule has 0 amide bonds. The van der Waals surface area contributed by atoms with Crippen LogP contribution in [0.25, 0.3) is 0 Å². The fourth-order valence-electron chi connectivity index (χ4n) is 2.99. The van der Waals surface area contributed by atoms with Gasteiger partial charge in [-0.1, -0.05) is 63.6 Å². The van der Waals surface area contributed by atoms with E-state index >= 15 is 0 Å². The number of hydrogen-bond donors (Lipinski definition) is 2. The van der Waals surface area contributed by atoms with E-state index in [9.17, 15) is 18.1 Å². The molecular formula is C21H28O5S. The topological polar surface area (TPSA) is 83.8 Å². The Bertz CT molecular complexity index is 830. The van der Waals surface area contributed by atoms with Crippen molar-refractivity contribution in [2.45, 2.75) is 63.2 Å². The maximum atomic E-state index is 11.6. The van der Waals surface area contributed by atoms with Gasteiger partial charge in [-0.2, -0.15) is 8.42 Å². The van der Waals surface area contributed by atoms with E-state index < -0.39 is 10.1 Å². The third-order valence-corrected chi connectivity index (χ3v) is 5.34. The molecule has 148 valence electrons. The number of hydrogen-bond acceptors (Lipinski definition) is 4. The molecule has 0 aliphatic rings. The van der Waals surface area contributed by atoms with Crippen LogP contribution in [-0.2, 0) is 16.5 Å². The third-order valence-electron chi connectivity index (χ3n) is 4.45. The van der Waals surface area contributed by atoms with Crippen LogP contribution >= 0.6 is 0 Å². The van der Waals surface area contributed by atoms with E-state index in [1.165, 1.54) is 44.2 Å². The van der Waals surface area contributed by atoms with Crippen molar-refractivity contribution >= 4 is 10.1 Å². The Morgan fingerprint density at radius 1 is 0.889 bits per heavy atom. The molecule has 0 saturated carbocycles. The minimum Gasteiger partial charge on any atom is -0.508 e. The number of para-hydroxylation sites is 1. The molecular weight excluding hydrogens is 364 g/mol. The molecule has 2 rings (SSSR count). The van der Waals surface area contributed by atoms with Crippen LogP contribution in [0, 0.1) is 0 Å². The maximum absolute atomic E-state index is 11.6. The lowest BCUT2D eigenvalue weighted by Gasteiger charge is -2.13. The molecule has 27 heavy (non-hydrogen) atoms.